The first-order valence-corrected chi connectivity index (χ1v) is 8.17. The van der Waals surface area contributed by atoms with E-state index in [-0.39, 0.29) is 0 Å². The van der Waals surface area contributed by atoms with E-state index in [1.54, 1.807) is 0 Å². The molecule has 0 fully saturated rings. The number of carbonyl (C=O) groups excluding carboxylic acids is 4. The summed E-state index contributed by atoms with van der Waals surface area (Å²) in [6, 6.07) is 8.18. The SMILES string of the molecule is COC(=O)c1ccc(NC(=O)COC(=O)CNC(=O)c2ccc(F)cc2F)cc1. The van der Waals surface area contributed by atoms with Crippen LogP contribution in [0.2, 0.25) is 0 Å². The summed E-state index contributed by atoms with van der Waals surface area (Å²) in [7, 11) is 1.24. The van der Waals surface area contributed by atoms with Crippen LogP contribution in [0.5, 0.6) is 0 Å². The molecule has 0 aliphatic rings. The molecule has 2 aromatic carbocycles. The Morgan fingerprint density at radius 1 is 1.00 bits per heavy atom. The zero-order chi connectivity index (χ0) is 21.4. The molecule has 0 unspecified atom stereocenters. The van der Waals surface area contributed by atoms with Gasteiger partial charge in [0.05, 0.1) is 18.2 Å². The van der Waals surface area contributed by atoms with Crippen molar-refractivity contribution in [1.82, 2.24) is 5.32 Å². The number of hydrogen-bond donors (Lipinski definition) is 2. The third kappa shape index (κ3) is 6.38. The van der Waals surface area contributed by atoms with Crippen molar-refractivity contribution < 1.29 is 37.4 Å². The lowest BCUT2D eigenvalue weighted by molar-refractivity contribution is -0.146. The quantitative estimate of drug-likeness (QED) is 0.677. The molecule has 0 heterocycles. The van der Waals surface area contributed by atoms with Gasteiger partial charge in [0, 0.05) is 11.8 Å². The van der Waals surface area contributed by atoms with Gasteiger partial charge >= 0.3 is 11.9 Å². The van der Waals surface area contributed by atoms with Gasteiger partial charge in [0.15, 0.2) is 6.61 Å². The zero-order valence-corrected chi connectivity index (χ0v) is 15.2. The number of anilines is 1. The number of ether oxygens (including phenoxy) is 2. The lowest BCUT2D eigenvalue weighted by Crippen LogP contribution is -2.32. The monoisotopic (exact) mass is 406 g/mol. The van der Waals surface area contributed by atoms with Gasteiger partial charge in [-0.1, -0.05) is 0 Å². The van der Waals surface area contributed by atoms with Crippen LogP contribution in [0.4, 0.5) is 14.5 Å². The maximum absolute atomic E-state index is 13.5. The predicted octanol–water partition coefficient (Wildman–Crippen LogP) is 1.66. The summed E-state index contributed by atoms with van der Waals surface area (Å²) < 4.78 is 35.6. The molecule has 0 saturated carbocycles. The Balaban J connectivity index is 1.76. The summed E-state index contributed by atoms with van der Waals surface area (Å²) >= 11 is 0. The van der Waals surface area contributed by atoms with Crippen molar-refractivity contribution in [2.24, 2.45) is 0 Å². The number of hydrogen-bond acceptors (Lipinski definition) is 6. The van der Waals surface area contributed by atoms with E-state index in [4.69, 9.17) is 4.74 Å². The predicted molar refractivity (Wildman–Crippen MR) is 96.1 cm³/mol. The Labute approximate surface area is 163 Å². The van der Waals surface area contributed by atoms with Crippen molar-refractivity contribution in [3.05, 3.63) is 65.2 Å². The van der Waals surface area contributed by atoms with Crippen LogP contribution in [0.1, 0.15) is 20.7 Å². The second-order valence-corrected chi connectivity index (χ2v) is 5.58. The summed E-state index contributed by atoms with van der Waals surface area (Å²) in [4.78, 5) is 46.5. The lowest BCUT2D eigenvalue weighted by atomic mass is 10.2. The molecule has 0 aliphatic heterocycles. The molecular formula is C19H16F2N2O6. The number of rotatable bonds is 7. The van der Waals surface area contributed by atoms with E-state index in [9.17, 15) is 28.0 Å². The van der Waals surface area contributed by atoms with Crippen LogP contribution in [0.15, 0.2) is 42.5 Å². The van der Waals surface area contributed by atoms with E-state index in [1.165, 1.54) is 31.4 Å². The van der Waals surface area contributed by atoms with Crippen LogP contribution < -0.4 is 10.6 Å². The van der Waals surface area contributed by atoms with Gasteiger partial charge in [-0.3, -0.25) is 14.4 Å². The molecule has 2 N–H and O–H groups in total. The third-order valence-corrected chi connectivity index (χ3v) is 3.52. The Bertz CT molecular complexity index is 931. The Morgan fingerprint density at radius 3 is 2.31 bits per heavy atom. The highest BCUT2D eigenvalue weighted by Gasteiger charge is 2.15. The number of amides is 2. The van der Waals surface area contributed by atoms with E-state index in [1.807, 2.05) is 0 Å². The fraction of sp³-hybridized carbons (Fsp3) is 0.158. The van der Waals surface area contributed by atoms with Crippen molar-refractivity contribution in [2.75, 3.05) is 25.6 Å². The van der Waals surface area contributed by atoms with Crippen molar-refractivity contribution >= 4 is 29.4 Å². The number of methoxy groups -OCH3 is 1. The molecule has 0 radical (unpaired) electrons. The topological polar surface area (TPSA) is 111 Å². The number of esters is 2. The average Bonchev–Trinajstić information content (AvgIpc) is 2.70. The maximum atomic E-state index is 13.5. The second kappa shape index (κ2) is 9.93. The molecule has 152 valence electrons. The molecule has 2 rings (SSSR count). The summed E-state index contributed by atoms with van der Waals surface area (Å²) in [5, 5.41) is 4.55. The lowest BCUT2D eigenvalue weighted by Gasteiger charge is -2.08. The molecule has 0 aromatic heterocycles. The van der Waals surface area contributed by atoms with Gasteiger partial charge < -0.3 is 20.1 Å². The van der Waals surface area contributed by atoms with Gasteiger partial charge in [0.2, 0.25) is 0 Å². The largest absolute Gasteiger partial charge is 0.465 e. The Hall–Kier alpha value is -3.82. The molecule has 2 amide bonds. The summed E-state index contributed by atoms with van der Waals surface area (Å²) in [5.74, 6) is -4.97. The molecule has 0 aliphatic carbocycles. The molecule has 0 bridgehead atoms. The smallest absolute Gasteiger partial charge is 0.337 e. The van der Waals surface area contributed by atoms with Crippen LogP contribution in [0.3, 0.4) is 0 Å². The highest BCUT2D eigenvalue weighted by atomic mass is 19.1. The van der Waals surface area contributed by atoms with Crippen LogP contribution in [-0.2, 0) is 19.1 Å². The Morgan fingerprint density at radius 2 is 1.69 bits per heavy atom. The molecule has 2 aromatic rings. The van der Waals surface area contributed by atoms with E-state index in [0.29, 0.717) is 17.3 Å². The van der Waals surface area contributed by atoms with Gasteiger partial charge in [0.25, 0.3) is 11.8 Å². The van der Waals surface area contributed by atoms with Gasteiger partial charge in [-0.05, 0) is 36.4 Å². The van der Waals surface area contributed by atoms with Crippen molar-refractivity contribution in [3.8, 4) is 0 Å². The van der Waals surface area contributed by atoms with Gasteiger partial charge in [0.1, 0.15) is 18.2 Å². The van der Waals surface area contributed by atoms with Crippen molar-refractivity contribution in [2.45, 2.75) is 0 Å². The molecule has 0 atom stereocenters. The molecular weight excluding hydrogens is 390 g/mol. The third-order valence-electron chi connectivity index (χ3n) is 3.52. The van der Waals surface area contributed by atoms with E-state index < -0.39 is 54.1 Å². The minimum Gasteiger partial charge on any atom is -0.465 e. The number of halogens is 2. The summed E-state index contributed by atoms with van der Waals surface area (Å²) in [5.41, 5.74) is 0.219. The van der Waals surface area contributed by atoms with Crippen LogP contribution in [-0.4, -0.2) is 44.0 Å². The highest BCUT2D eigenvalue weighted by Crippen LogP contribution is 2.11. The molecule has 0 spiro atoms. The summed E-state index contributed by atoms with van der Waals surface area (Å²) in [6.45, 7) is -1.24. The minimum absolute atomic E-state index is 0.297. The number of nitrogens with one attached hydrogen (secondary N) is 2. The first-order valence-electron chi connectivity index (χ1n) is 8.17. The highest BCUT2D eigenvalue weighted by molar-refractivity contribution is 5.97. The average molecular weight is 406 g/mol. The van der Waals surface area contributed by atoms with Gasteiger partial charge in [-0.25, -0.2) is 13.6 Å². The fourth-order valence-corrected chi connectivity index (χ4v) is 2.12. The first-order chi connectivity index (χ1) is 13.8. The molecule has 10 heteroatoms. The normalized spacial score (nSPS) is 10.0. The Kier molecular flexibility index (Phi) is 7.35. The van der Waals surface area contributed by atoms with E-state index in [2.05, 4.69) is 15.4 Å². The van der Waals surface area contributed by atoms with Crippen molar-refractivity contribution in [1.29, 1.82) is 0 Å². The van der Waals surface area contributed by atoms with Crippen molar-refractivity contribution in [3.63, 3.8) is 0 Å². The first kappa shape index (κ1) is 21.5. The standard InChI is InChI=1S/C19H16F2N2O6/c1-28-19(27)11-2-5-13(6-3-11)23-16(24)10-29-17(25)9-22-18(26)14-7-4-12(20)8-15(14)21/h2-8H,9-10H2,1H3,(H,22,26)(H,23,24). The van der Waals surface area contributed by atoms with Gasteiger partial charge in [-0.15, -0.1) is 0 Å². The molecule has 0 saturated heterocycles. The summed E-state index contributed by atoms with van der Waals surface area (Å²) in [6.07, 6.45) is 0. The van der Waals surface area contributed by atoms with Crippen LogP contribution in [0.25, 0.3) is 0 Å². The van der Waals surface area contributed by atoms with Gasteiger partial charge in [-0.2, -0.15) is 0 Å². The van der Waals surface area contributed by atoms with E-state index >= 15 is 0 Å². The van der Waals surface area contributed by atoms with Crippen LogP contribution in [0, 0.1) is 11.6 Å². The number of carbonyl (C=O) groups is 4. The maximum Gasteiger partial charge on any atom is 0.337 e. The van der Waals surface area contributed by atoms with Crippen LogP contribution >= 0.6 is 0 Å². The zero-order valence-electron chi connectivity index (χ0n) is 15.2. The second-order valence-electron chi connectivity index (χ2n) is 5.58. The minimum atomic E-state index is -1.08. The molecule has 8 nitrogen and oxygen atoms in total. The fourth-order valence-electron chi connectivity index (χ4n) is 2.12. The number of benzene rings is 2. The molecule has 29 heavy (non-hydrogen) atoms. The van der Waals surface area contributed by atoms with E-state index in [0.717, 1.165) is 12.1 Å².